The van der Waals surface area contributed by atoms with Crippen LogP contribution >= 0.6 is 11.8 Å². The SMILES string of the molecule is C=CCNC(=O)[C@@H](C)Sc1nc2ccccc2c(=O)n1CC(=O)OC. The molecule has 1 aromatic carbocycles. The average Bonchev–Trinajstić information content (AvgIpc) is 2.62. The van der Waals surface area contributed by atoms with Gasteiger partial charge in [0.25, 0.3) is 5.56 Å². The first-order chi connectivity index (χ1) is 12.0. The minimum atomic E-state index is -0.565. The number of hydrogen-bond acceptors (Lipinski definition) is 6. The number of benzene rings is 1. The number of rotatable bonds is 7. The zero-order chi connectivity index (χ0) is 18.4. The van der Waals surface area contributed by atoms with Crippen molar-refractivity contribution in [1.29, 1.82) is 0 Å². The number of hydrogen-bond donors (Lipinski definition) is 1. The second-order valence-electron chi connectivity index (χ2n) is 5.17. The van der Waals surface area contributed by atoms with Crippen molar-refractivity contribution in [3.63, 3.8) is 0 Å². The Bertz CT molecular complexity index is 863. The molecule has 1 atom stereocenters. The fourth-order valence-electron chi connectivity index (χ4n) is 2.10. The van der Waals surface area contributed by atoms with Crippen molar-refractivity contribution in [3.8, 4) is 0 Å². The smallest absolute Gasteiger partial charge is 0.325 e. The Labute approximate surface area is 149 Å². The number of nitrogens with zero attached hydrogens (tertiary/aromatic N) is 2. The molecule has 0 saturated carbocycles. The van der Waals surface area contributed by atoms with Crippen molar-refractivity contribution < 1.29 is 14.3 Å². The number of fused-ring (bicyclic) bond motifs is 1. The van der Waals surface area contributed by atoms with E-state index >= 15 is 0 Å². The first-order valence-corrected chi connectivity index (χ1v) is 8.47. The van der Waals surface area contributed by atoms with E-state index in [1.54, 1.807) is 37.3 Å². The summed E-state index contributed by atoms with van der Waals surface area (Å²) in [6.07, 6.45) is 1.58. The number of methoxy groups -OCH3 is 1. The van der Waals surface area contributed by atoms with E-state index in [4.69, 9.17) is 0 Å². The second kappa shape index (κ2) is 8.48. The van der Waals surface area contributed by atoms with Crippen molar-refractivity contribution in [2.45, 2.75) is 23.9 Å². The molecule has 2 rings (SSSR count). The predicted molar refractivity (Wildman–Crippen MR) is 96.5 cm³/mol. The van der Waals surface area contributed by atoms with Gasteiger partial charge in [0.1, 0.15) is 6.54 Å². The van der Waals surface area contributed by atoms with Gasteiger partial charge in [0.05, 0.1) is 23.3 Å². The Morgan fingerprint density at radius 1 is 1.44 bits per heavy atom. The molecule has 1 aromatic heterocycles. The zero-order valence-corrected chi connectivity index (χ0v) is 14.8. The highest BCUT2D eigenvalue weighted by molar-refractivity contribution is 8.00. The molecule has 0 fully saturated rings. The van der Waals surface area contributed by atoms with E-state index in [1.807, 2.05) is 0 Å². The van der Waals surface area contributed by atoms with Crippen molar-refractivity contribution in [2.75, 3.05) is 13.7 Å². The second-order valence-corrected chi connectivity index (χ2v) is 6.48. The van der Waals surface area contributed by atoms with Gasteiger partial charge in [0.2, 0.25) is 5.91 Å². The quantitative estimate of drug-likeness (QED) is 0.347. The summed E-state index contributed by atoms with van der Waals surface area (Å²) in [4.78, 5) is 40.9. The fourth-order valence-corrected chi connectivity index (χ4v) is 3.03. The molecule has 1 heterocycles. The summed E-state index contributed by atoms with van der Waals surface area (Å²) in [6.45, 7) is 5.33. The van der Waals surface area contributed by atoms with E-state index in [0.29, 0.717) is 17.4 Å². The van der Waals surface area contributed by atoms with Crippen molar-refractivity contribution in [1.82, 2.24) is 14.9 Å². The lowest BCUT2D eigenvalue weighted by molar-refractivity contribution is -0.141. The fraction of sp³-hybridized carbons (Fsp3) is 0.294. The maximum absolute atomic E-state index is 12.7. The molecule has 0 spiro atoms. The largest absolute Gasteiger partial charge is 0.468 e. The predicted octanol–water partition coefficient (Wildman–Crippen LogP) is 1.35. The van der Waals surface area contributed by atoms with E-state index in [1.165, 1.54) is 11.7 Å². The zero-order valence-electron chi connectivity index (χ0n) is 14.0. The monoisotopic (exact) mass is 361 g/mol. The molecule has 2 aromatic rings. The molecular weight excluding hydrogens is 342 g/mol. The molecule has 1 amide bonds. The number of nitrogens with one attached hydrogen (secondary N) is 1. The Balaban J connectivity index is 2.43. The van der Waals surface area contributed by atoms with Gasteiger partial charge < -0.3 is 10.1 Å². The maximum atomic E-state index is 12.7. The molecule has 0 bridgehead atoms. The first-order valence-electron chi connectivity index (χ1n) is 7.59. The summed E-state index contributed by atoms with van der Waals surface area (Å²) in [5.41, 5.74) is 0.159. The molecule has 0 aliphatic rings. The van der Waals surface area contributed by atoms with Crippen LogP contribution in [-0.4, -0.2) is 40.3 Å². The van der Waals surface area contributed by atoms with Crippen LogP contribution in [0.15, 0.2) is 46.9 Å². The van der Waals surface area contributed by atoms with Crippen LogP contribution in [-0.2, 0) is 20.9 Å². The number of carbonyl (C=O) groups is 2. The van der Waals surface area contributed by atoms with Crippen LogP contribution < -0.4 is 10.9 Å². The molecule has 8 heteroatoms. The van der Waals surface area contributed by atoms with Crippen molar-refractivity contribution in [3.05, 3.63) is 47.3 Å². The van der Waals surface area contributed by atoms with Gasteiger partial charge in [0.15, 0.2) is 5.16 Å². The first kappa shape index (κ1) is 18.7. The van der Waals surface area contributed by atoms with E-state index in [-0.39, 0.29) is 23.2 Å². The Morgan fingerprint density at radius 3 is 2.84 bits per heavy atom. The minimum Gasteiger partial charge on any atom is -0.468 e. The standard InChI is InChI=1S/C17H19N3O4S/c1-4-9-18-15(22)11(2)25-17-19-13-8-6-5-7-12(13)16(23)20(17)10-14(21)24-3/h4-8,11H,1,9-10H2,2-3H3,(H,18,22)/t11-/m1/s1. The third-order valence-electron chi connectivity index (χ3n) is 3.41. The molecule has 7 nitrogen and oxygen atoms in total. The molecule has 132 valence electrons. The van der Waals surface area contributed by atoms with Crippen LogP contribution in [0.1, 0.15) is 6.92 Å². The summed E-state index contributed by atoms with van der Waals surface area (Å²) in [7, 11) is 1.25. The minimum absolute atomic E-state index is 0.211. The molecule has 0 saturated heterocycles. The van der Waals surface area contributed by atoms with E-state index in [2.05, 4.69) is 21.6 Å². The third kappa shape index (κ3) is 4.48. The number of esters is 1. The summed E-state index contributed by atoms with van der Waals surface area (Å²) < 4.78 is 5.89. The number of ether oxygens (including phenoxy) is 1. The van der Waals surface area contributed by atoms with Crippen molar-refractivity contribution in [2.24, 2.45) is 0 Å². The Morgan fingerprint density at radius 2 is 2.16 bits per heavy atom. The lowest BCUT2D eigenvalue weighted by Crippen LogP contribution is -2.32. The maximum Gasteiger partial charge on any atom is 0.325 e. The molecule has 0 radical (unpaired) electrons. The van der Waals surface area contributed by atoms with E-state index in [9.17, 15) is 14.4 Å². The highest BCUT2D eigenvalue weighted by Crippen LogP contribution is 2.22. The number of aromatic nitrogens is 2. The van der Waals surface area contributed by atoms with E-state index in [0.717, 1.165) is 11.8 Å². The van der Waals surface area contributed by atoms with Crippen LogP contribution in [0.2, 0.25) is 0 Å². The van der Waals surface area contributed by atoms with Gasteiger partial charge in [-0.05, 0) is 19.1 Å². The molecule has 1 N–H and O–H groups in total. The number of carbonyl (C=O) groups excluding carboxylic acids is 2. The lowest BCUT2D eigenvalue weighted by Gasteiger charge is -2.15. The Kier molecular flexibility index (Phi) is 6.35. The lowest BCUT2D eigenvalue weighted by atomic mass is 10.2. The van der Waals surface area contributed by atoms with Crippen LogP contribution in [0.3, 0.4) is 0 Å². The molecule has 0 unspecified atom stereocenters. The van der Waals surface area contributed by atoms with Gasteiger partial charge in [-0.15, -0.1) is 6.58 Å². The van der Waals surface area contributed by atoms with Crippen LogP contribution in [0, 0.1) is 0 Å². The number of thioether (sulfide) groups is 1. The van der Waals surface area contributed by atoms with Gasteiger partial charge in [-0.2, -0.15) is 0 Å². The van der Waals surface area contributed by atoms with Crippen LogP contribution in [0.25, 0.3) is 10.9 Å². The van der Waals surface area contributed by atoms with Gasteiger partial charge in [0, 0.05) is 6.54 Å². The highest BCUT2D eigenvalue weighted by Gasteiger charge is 2.20. The summed E-state index contributed by atoms with van der Waals surface area (Å²) in [6, 6.07) is 6.86. The normalized spacial score (nSPS) is 11.8. The number of amides is 1. The average molecular weight is 361 g/mol. The van der Waals surface area contributed by atoms with Crippen LogP contribution in [0.5, 0.6) is 0 Å². The van der Waals surface area contributed by atoms with Crippen molar-refractivity contribution >= 4 is 34.5 Å². The molecule has 0 aliphatic carbocycles. The number of para-hydroxylation sites is 1. The van der Waals surface area contributed by atoms with Gasteiger partial charge >= 0.3 is 5.97 Å². The summed E-state index contributed by atoms with van der Waals surface area (Å²) in [5.74, 6) is -0.776. The molecule has 25 heavy (non-hydrogen) atoms. The highest BCUT2D eigenvalue weighted by atomic mass is 32.2. The summed E-state index contributed by atoms with van der Waals surface area (Å²) in [5, 5.41) is 2.88. The third-order valence-corrected chi connectivity index (χ3v) is 4.50. The van der Waals surface area contributed by atoms with E-state index < -0.39 is 11.2 Å². The molecular formula is C17H19N3O4S. The topological polar surface area (TPSA) is 90.3 Å². The van der Waals surface area contributed by atoms with Crippen LogP contribution in [0.4, 0.5) is 0 Å². The van der Waals surface area contributed by atoms with Gasteiger partial charge in [-0.25, -0.2) is 4.98 Å². The summed E-state index contributed by atoms with van der Waals surface area (Å²) >= 11 is 1.11. The van der Waals surface area contributed by atoms with Gasteiger partial charge in [-0.3, -0.25) is 19.0 Å². The molecule has 0 aliphatic heterocycles. The Hall–Kier alpha value is -2.61. The van der Waals surface area contributed by atoms with Gasteiger partial charge in [-0.1, -0.05) is 30.0 Å².